The van der Waals surface area contributed by atoms with E-state index in [-0.39, 0.29) is 127 Å². The molecule has 14 aromatic rings. The van der Waals surface area contributed by atoms with Crippen molar-refractivity contribution >= 4 is 161 Å². The Labute approximate surface area is 665 Å². The Hall–Kier alpha value is -15.0. The average Bonchev–Trinajstić information content (AvgIpc) is 0.808. The van der Waals surface area contributed by atoms with E-state index in [4.69, 9.17) is 73.7 Å². The van der Waals surface area contributed by atoms with Crippen molar-refractivity contribution in [1.82, 2.24) is 105 Å². The first kappa shape index (κ1) is 88.5. The van der Waals surface area contributed by atoms with Crippen molar-refractivity contribution in [2.24, 2.45) is 5.73 Å². The van der Waals surface area contributed by atoms with E-state index in [9.17, 15) is 64.7 Å². The maximum Gasteiger partial charge on any atom is 0.508 e. The molecule has 0 amide bonds. The van der Waals surface area contributed by atoms with Crippen molar-refractivity contribution in [2.45, 2.75) is 47.0 Å². The van der Waals surface area contributed by atoms with Gasteiger partial charge in [-0.3, -0.25) is 9.59 Å². The molecule has 0 aromatic carbocycles. The molecule has 602 valence electrons. The Morgan fingerprint density at radius 3 is 1.24 bits per heavy atom. The van der Waals surface area contributed by atoms with E-state index in [1.165, 1.54) is 73.8 Å². The van der Waals surface area contributed by atoms with Gasteiger partial charge in [0.05, 0.1) is 66.5 Å². The minimum atomic E-state index is -4.57. The molecule has 0 aliphatic rings. The number of hydrogen-bond donors (Lipinski definition) is 5. The number of H-pyrrole nitrogens is 1. The fraction of sp³-hybridized carbons (Fsp3) is 0.171. The number of carbonyl (C=O) groups excluding carboxylic acids is 6. The van der Waals surface area contributed by atoms with Gasteiger partial charge < -0.3 is 49.6 Å². The van der Waals surface area contributed by atoms with Crippen molar-refractivity contribution in [3.05, 3.63) is 207 Å². The van der Waals surface area contributed by atoms with Gasteiger partial charge in [-0.25, -0.2) is 128 Å². The third-order valence-electron chi connectivity index (χ3n) is 14.4. The molecule has 0 fully saturated rings. The highest BCUT2D eigenvalue weighted by Gasteiger charge is 2.34. The molecule has 14 rings (SSSR count). The molecule has 0 unspecified atom stereocenters. The molecule has 0 aliphatic heterocycles. The average molecular weight is 1660 g/mol. The van der Waals surface area contributed by atoms with Crippen LogP contribution in [0.15, 0.2) is 134 Å². The number of ether oxygens (including phenoxy) is 5. The van der Waals surface area contributed by atoms with Crippen LogP contribution in [0.2, 0.25) is 5.15 Å². The number of carbonyl (C=O) groups is 7. The molecule has 14 heterocycles. The molecule has 14 aromatic heterocycles. The molecule has 0 spiro atoms. The number of carboxylic acid groups (broad SMARTS) is 1. The summed E-state index contributed by atoms with van der Waals surface area (Å²) in [6, 6.07) is 20.9. The Balaban J connectivity index is 0.000000172. The van der Waals surface area contributed by atoms with Gasteiger partial charge in [0.1, 0.15) is 77.0 Å². The summed E-state index contributed by atoms with van der Waals surface area (Å²) in [5.41, 5.74) is 5.17. The minimum absolute atomic E-state index is 0.0149. The number of aromatic nitrogens is 21. The van der Waals surface area contributed by atoms with E-state index in [0.29, 0.717) is 61.9 Å². The molecular formula is C70H53BClF6N23O16S. The van der Waals surface area contributed by atoms with Crippen LogP contribution in [0, 0.1) is 11.3 Å². The first-order valence-electron chi connectivity index (χ1n) is 33.3. The predicted molar refractivity (Wildman–Crippen MR) is 402 cm³/mol. The molecule has 6 N–H and O–H groups in total. The molecule has 0 bridgehead atoms. The predicted octanol–water partition coefficient (Wildman–Crippen LogP) is 6.74. The van der Waals surface area contributed by atoms with Crippen molar-refractivity contribution < 1.29 is 98.7 Å². The summed E-state index contributed by atoms with van der Waals surface area (Å²) in [6.45, 7) is 9.95. The highest BCUT2D eigenvalue weighted by Crippen LogP contribution is 2.30. The molecule has 0 radical (unpaired) electrons. The lowest BCUT2D eigenvalue weighted by Crippen LogP contribution is -2.33. The lowest BCUT2D eigenvalue weighted by molar-refractivity contribution is -0.141. The maximum atomic E-state index is 12.4. The number of pyridine rings is 7. The summed E-state index contributed by atoms with van der Waals surface area (Å²) < 4.78 is 98.4. The lowest BCUT2D eigenvalue weighted by atomic mass is 9.83. The summed E-state index contributed by atoms with van der Waals surface area (Å²) in [5.74, 6) is -3.76. The minimum Gasteiger partial charge on any atom is -0.476 e. The fourth-order valence-corrected chi connectivity index (χ4v) is 9.64. The fourth-order valence-electron chi connectivity index (χ4n) is 9.28. The molecule has 0 aliphatic carbocycles. The van der Waals surface area contributed by atoms with Crippen molar-refractivity contribution in [3.8, 4) is 6.07 Å². The first-order chi connectivity index (χ1) is 56.4. The van der Waals surface area contributed by atoms with Crippen LogP contribution in [0.3, 0.4) is 0 Å². The molecular weight excluding hydrogens is 1610 g/mol. The summed E-state index contributed by atoms with van der Waals surface area (Å²) >= 11 is 10.6. The van der Waals surface area contributed by atoms with Crippen LogP contribution < -0.4 is 16.9 Å². The van der Waals surface area contributed by atoms with Gasteiger partial charge in [-0.1, -0.05) is 23.8 Å². The molecule has 39 nitrogen and oxygen atoms in total. The van der Waals surface area contributed by atoms with Crippen LogP contribution in [-0.4, -0.2) is 207 Å². The van der Waals surface area contributed by atoms with E-state index >= 15 is 0 Å². The number of aromatic amines is 1. The Bertz CT molecular complexity index is 6230. The van der Waals surface area contributed by atoms with E-state index in [2.05, 4.69) is 105 Å². The number of nitrogens with zero attached hydrogens (tertiary/aromatic N) is 21. The third-order valence-corrected chi connectivity index (χ3v) is 14.9. The molecule has 118 heavy (non-hydrogen) atoms. The number of fused-ring (bicyclic) bond motifs is 7. The number of thiocarbonyl (C=S) groups is 1. The van der Waals surface area contributed by atoms with Crippen molar-refractivity contribution in [3.63, 3.8) is 0 Å². The highest BCUT2D eigenvalue weighted by atomic mass is 35.5. The second-order valence-electron chi connectivity index (χ2n) is 21.9. The summed E-state index contributed by atoms with van der Waals surface area (Å²) in [7, 11) is -1.89. The smallest absolute Gasteiger partial charge is 0.476 e. The quantitative estimate of drug-likeness (QED) is 0.0143. The van der Waals surface area contributed by atoms with Crippen LogP contribution in [0.1, 0.15) is 131 Å². The number of esters is 5. The number of aromatic carboxylic acids is 1. The largest absolute Gasteiger partial charge is 0.508 e. The van der Waals surface area contributed by atoms with E-state index in [1.54, 1.807) is 52.8 Å². The number of alkyl halides is 6. The van der Waals surface area contributed by atoms with Crippen LogP contribution >= 0.6 is 23.8 Å². The summed E-state index contributed by atoms with van der Waals surface area (Å²) in [4.78, 5) is 168. The van der Waals surface area contributed by atoms with E-state index in [0.717, 1.165) is 37.2 Å². The zero-order chi connectivity index (χ0) is 86.0. The topological polar surface area (TPSA) is 567 Å². The second kappa shape index (κ2) is 41.1. The standard InChI is InChI=1S/C11H8N4O2.C11H9N3O4.C11H9N3O3.C10H8ClN3O2.C10H9N3O3.C9H5F3N4S.C8H5BF3N3O2/c1-2-17-11(16)8-4-3-7-9(5-12)13-6-14-10(7)15-8;1-2-18-11(17)7-4-3-6-8(10(15)16)12-5-13-9(6)14-7;1-2-17-11(16)8-4-3-7-9(5-15)12-6-13-10(7)14-8;1-2-16-10(15)7-4-3-6-8(11)12-5-13-9(6)14-7;1-2-16-10(15)7-4-3-6-8(13-7)11-5-12-9(6)14;10-9(11,12)5-2-1-4-6(7(13)17)14-3-15-8(4)16-5;10-8(11,12)5-2-1-4-6(9(16)17)13-3-14-7(4)15-5/h3-4,6H,2H2,1H3;3-5H,2H2,1H3,(H,15,16);3-6H,2H2,1H3;3-5H,2H2,1H3;3-5H,2H2,1H3,(H,11,12,13,14);1-3H,(H2,13,17);1-3,16-17H. The number of hydrogen-bond acceptors (Lipinski definition) is 37. The van der Waals surface area contributed by atoms with Crippen LogP contribution in [-0.2, 0) is 36.0 Å². The van der Waals surface area contributed by atoms with Crippen molar-refractivity contribution in [2.75, 3.05) is 33.0 Å². The van der Waals surface area contributed by atoms with Gasteiger partial charge in [0.2, 0.25) is 0 Å². The monoisotopic (exact) mass is 1660 g/mol. The van der Waals surface area contributed by atoms with Gasteiger partial charge in [0.15, 0.2) is 85.7 Å². The van der Waals surface area contributed by atoms with Gasteiger partial charge >= 0.3 is 55.3 Å². The van der Waals surface area contributed by atoms with Gasteiger partial charge in [0.25, 0.3) is 5.56 Å². The molecule has 0 saturated heterocycles. The van der Waals surface area contributed by atoms with Crippen LogP contribution in [0.5, 0.6) is 0 Å². The highest BCUT2D eigenvalue weighted by molar-refractivity contribution is 7.80. The lowest BCUT2D eigenvalue weighted by Gasteiger charge is -2.07. The third kappa shape index (κ3) is 23.1. The molecule has 48 heteroatoms. The number of halogens is 7. The second-order valence-corrected chi connectivity index (χ2v) is 22.7. The SMILES string of the molecule is CCOC(=O)c1ccc2c(=O)[nH]cnc2n1.CCOC(=O)c1ccc2c(C#N)ncnc2n1.CCOC(=O)c1ccc2c(C(=O)O)ncnc2n1.CCOC(=O)c1ccc2c(C=O)ncnc2n1.CCOC(=O)c1ccc2c(Cl)ncnc2n1.NC(=S)c1ncnc2nc(C(F)(F)F)ccc12.OB(O)c1ncnc2nc(C(F)(F)F)ccc12. The normalized spacial score (nSPS) is 10.7. The van der Waals surface area contributed by atoms with Gasteiger partial charge in [-0.2, -0.15) is 31.6 Å². The van der Waals surface area contributed by atoms with Crippen molar-refractivity contribution in [1.29, 1.82) is 5.26 Å². The Morgan fingerprint density at radius 2 is 0.805 bits per heavy atom. The van der Waals surface area contributed by atoms with Crippen LogP contribution in [0.25, 0.3) is 77.2 Å². The van der Waals surface area contributed by atoms with E-state index < -0.39 is 66.7 Å². The number of aldehydes is 1. The summed E-state index contributed by atoms with van der Waals surface area (Å²) in [6.07, 6.45) is -0.368. The molecule has 0 saturated carbocycles. The number of nitriles is 1. The van der Waals surface area contributed by atoms with Gasteiger partial charge in [-0.05, 0) is 120 Å². The summed E-state index contributed by atoms with van der Waals surface area (Å²) in [5, 5.41) is 38.6. The van der Waals surface area contributed by atoms with Gasteiger partial charge in [0, 0.05) is 16.2 Å². The Morgan fingerprint density at radius 1 is 0.466 bits per heavy atom. The van der Waals surface area contributed by atoms with Gasteiger partial charge in [-0.15, -0.1) is 0 Å². The number of nitrogens with two attached hydrogens (primary N) is 1. The Kier molecular flexibility index (Phi) is 30.9. The number of carboxylic acids is 1. The first-order valence-corrected chi connectivity index (χ1v) is 34.1. The number of rotatable bonds is 14. The zero-order valence-electron chi connectivity index (χ0n) is 61.0. The number of nitrogens with one attached hydrogen (secondary N) is 1. The molecule has 0 atom stereocenters. The van der Waals surface area contributed by atoms with E-state index in [1.807, 2.05) is 6.07 Å². The van der Waals surface area contributed by atoms with Crippen LogP contribution in [0.4, 0.5) is 26.3 Å². The maximum absolute atomic E-state index is 12.4. The zero-order valence-corrected chi connectivity index (χ0v) is 62.6.